The van der Waals surface area contributed by atoms with Gasteiger partial charge in [-0.15, -0.1) is 11.3 Å². The first-order valence-electron chi connectivity index (χ1n) is 6.08. The average molecular weight is 297 g/mol. The second-order valence-electron chi connectivity index (χ2n) is 4.36. The van der Waals surface area contributed by atoms with Crippen molar-refractivity contribution in [3.63, 3.8) is 0 Å². The quantitative estimate of drug-likeness (QED) is 0.283. The first kappa shape index (κ1) is 14.6. The molecule has 2 heterocycles. The van der Waals surface area contributed by atoms with Crippen LogP contribution >= 0.6 is 11.3 Å². The zero-order chi connectivity index (χ0) is 14.7. The monoisotopic (exact) mass is 297 g/mol. The molecule has 1 aromatic heterocycles. The SMILES string of the molecule is CCC1C(=O)NC(=O)CN1Cc1csc(C(=O)NN)n1. The zero-order valence-corrected chi connectivity index (χ0v) is 11.7. The molecule has 9 heteroatoms. The third kappa shape index (κ3) is 3.00. The molecule has 20 heavy (non-hydrogen) atoms. The number of hydrogen-bond donors (Lipinski definition) is 3. The summed E-state index contributed by atoms with van der Waals surface area (Å²) in [7, 11) is 0. The molecule has 1 atom stereocenters. The first-order valence-corrected chi connectivity index (χ1v) is 6.96. The summed E-state index contributed by atoms with van der Waals surface area (Å²) in [5.41, 5.74) is 2.64. The maximum absolute atomic E-state index is 11.7. The lowest BCUT2D eigenvalue weighted by atomic mass is 10.1. The molecule has 0 saturated carbocycles. The molecule has 1 aliphatic heterocycles. The predicted molar refractivity (Wildman–Crippen MR) is 71.4 cm³/mol. The van der Waals surface area contributed by atoms with Gasteiger partial charge in [-0.05, 0) is 6.42 Å². The first-order chi connectivity index (χ1) is 9.55. The van der Waals surface area contributed by atoms with Crippen LogP contribution in [0.25, 0.3) is 0 Å². The Balaban J connectivity index is 2.11. The van der Waals surface area contributed by atoms with Gasteiger partial charge in [0.15, 0.2) is 5.01 Å². The number of hydrogen-bond acceptors (Lipinski definition) is 7. The highest BCUT2D eigenvalue weighted by Crippen LogP contribution is 2.16. The Hall–Kier alpha value is -1.84. The highest BCUT2D eigenvalue weighted by molar-refractivity contribution is 7.11. The Bertz CT molecular complexity index is 544. The largest absolute Gasteiger partial charge is 0.294 e. The summed E-state index contributed by atoms with van der Waals surface area (Å²) < 4.78 is 0. The van der Waals surface area contributed by atoms with Crippen molar-refractivity contribution < 1.29 is 14.4 Å². The van der Waals surface area contributed by atoms with Crippen molar-refractivity contribution in [1.29, 1.82) is 0 Å². The van der Waals surface area contributed by atoms with Gasteiger partial charge in [-0.1, -0.05) is 6.92 Å². The van der Waals surface area contributed by atoms with E-state index in [4.69, 9.17) is 5.84 Å². The van der Waals surface area contributed by atoms with Crippen LogP contribution < -0.4 is 16.6 Å². The van der Waals surface area contributed by atoms with Crippen molar-refractivity contribution in [2.75, 3.05) is 6.54 Å². The smallest absolute Gasteiger partial charge is 0.294 e. The number of imide groups is 1. The summed E-state index contributed by atoms with van der Waals surface area (Å²) in [5, 5.41) is 4.28. The fourth-order valence-corrected chi connectivity index (χ4v) is 2.79. The molecule has 1 fully saturated rings. The topological polar surface area (TPSA) is 117 Å². The van der Waals surface area contributed by atoms with Crippen LogP contribution in [0, 0.1) is 0 Å². The summed E-state index contributed by atoms with van der Waals surface area (Å²) in [5.74, 6) is 3.96. The number of piperazine rings is 1. The molecule has 0 radical (unpaired) electrons. The summed E-state index contributed by atoms with van der Waals surface area (Å²) >= 11 is 1.17. The van der Waals surface area contributed by atoms with Crippen molar-refractivity contribution >= 4 is 29.1 Å². The maximum Gasteiger partial charge on any atom is 0.294 e. The molecule has 1 saturated heterocycles. The molecule has 0 spiro atoms. The fourth-order valence-electron chi connectivity index (χ4n) is 2.08. The summed E-state index contributed by atoms with van der Waals surface area (Å²) in [6.07, 6.45) is 0.597. The summed E-state index contributed by atoms with van der Waals surface area (Å²) in [6.45, 7) is 2.35. The Labute approximate surface area is 119 Å². The lowest BCUT2D eigenvalue weighted by Gasteiger charge is -2.32. The van der Waals surface area contributed by atoms with Crippen LogP contribution in [-0.2, 0) is 16.1 Å². The minimum atomic E-state index is -0.458. The van der Waals surface area contributed by atoms with E-state index in [-0.39, 0.29) is 29.4 Å². The van der Waals surface area contributed by atoms with E-state index >= 15 is 0 Å². The number of thiazole rings is 1. The molecule has 1 aromatic rings. The normalized spacial score (nSPS) is 19.8. The number of amides is 3. The van der Waals surface area contributed by atoms with Crippen molar-refractivity contribution in [1.82, 2.24) is 20.6 Å². The Morgan fingerprint density at radius 2 is 2.40 bits per heavy atom. The van der Waals surface area contributed by atoms with Crippen molar-refractivity contribution in [3.8, 4) is 0 Å². The molecule has 0 aromatic carbocycles. The highest BCUT2D eigenvalue weighted by atomic mass is 32.1. The molecular formula is C11H15N5O3S. The molecule has 108 valence electrons. The van der Waals surface area contributed by atoms with E-state index in [2.05, 4.69) is 10.3 Å². The average Bonchev–Trinajstić information content (AvgIpc) is 2.86. The van der Waals surface area contributed by atoms with Crippen LogP contribution in [0.2, 0.25) is 0 Å². The molecule has 1 aliphatic rings. The molecule has 0 aliphatic carbocycles. The van der Waals surface area contributed by atoms with E-state index in [0.717, 1.165) is 0 Å². The van der Waals surface area contributed by atoms with Crippen LogP contribution in [0.15, 0.2) is 5.38 Å². The van der Waals surface area contributed by atoms with Gasteiger partial charge in [-0.3, -0.25) is 30.0 Å². The summed E-state index contributed by atoms with van der Waals surface area (Å²) in [4.78, 5) is 40.4. The number of nitrogens with two attached hydrogens (primary N) is 1. The number of carbonyl (C=O) groups excluding carboxylic acids is 3. The number of nitrogens with one attached hydrogen (secondary N) is 2. The van der Waals surface area contributed by atoms with Crippen LogP contribution in [-0.4, -0.2) is 40.2 Å². The molecule has 4 N–H and O–H groups in total. The van der Waals surface area contributed by atoms with E-state index in [1.54, 1.807) is 10.3 Å². The van der Waals surface area contributed by atoms with Gasteiger partial charge < -0.3 is 0 Å². The Morgan fingerprint density at radius 3 is 3.05 bits per heavy atom. The van der Waals surface area contributed by atoms with Gasteiger partial charge in [0.2, 0.25) is 11.8 Å². The molecular weight excluding hydrogens is 282 g/mol. The van der Waals surface area contributed by atoms with E-state index in [1.165, 1.54) is 11.3 Å². The third-order valence-electron chi connectivity index (χ3n) is 2.98. The number of rotatable bonds is 4. The number of nitrogen functional groups attached to an aromatic ring is 1. The van der Waals surface area contributed by atoms with Crippen molar-refractivity contribution in [2.45, 2.75) is 25.9 Å². The maximum atomic E-state index is 11.7. The second kappa shape index (κ2) is 6.07. The minimum absolute atomic E-state index is 0.139. The van der Waals surface area contributed by atoms with E-state index in [0.29, 0.717) is 18.7 Å². The van der Waals surface area contributed by atoms with Gasteiger partial charge in [0.1, 0.15) is 0 Å². The predicted octanol–water partition coefficient (Wildman–Crippen LogP) is -1.02. The van der Waals surface area contributed by atoms with Crippen LogP contribution in [0.3, 0.4) is 0 Å². The molecule has 0 bridgehead atoms. The van der Waals surface area contributed by atoms with Crippen molar-refractivity contribution in [2.24, 2.45) is 5.84 Å². The Morgan fingerprint density at radius 1 is 1.65 bits per heavy atom. The van der Waals surface area contributed by atoms with Crippen LogP contribution in [0.4, 0.5) is 0 Å². The van der Waals surface area contributed by atoms with Crippen LogP contribution in [0.1, 0.15) is 28.8 Å². The van der Waals surface area contributed by atoms with E-state index in [9.17, 15) is 14.4 Å². The minimum Gasteiger partial charge on any atom is -0.294 e. The van der Waals surface area contributed by atoms with Gasteiger partial charge in [0.05, 0.1) is 18.3 Å². The lowest BCUT2D eigenvalue weighted by molar-refractivity contribution is -0.140. The zero-order valence-electron chi connectivity index (χ0n) is 10.9. The third-order valence-corrected chi connectivity index (χ3v) is 3.87. The number of nitrogens with zero attached hydrogens (tertiary/aromatic N) is 2. The van der Waals surface area contributed by atoms with E-state index in [1.807, 2.05) is 12.3 Å². The van der Waals surface area contributed by atoms with Gasteiger partial charge in [0.25, 0.3) is 5.91 Å². The lowest BCUT2D eigenvalue weighted by Crippen LogP contribution is -2.57. The number of carbonyl (C=O) groups is 3. The fraction of sp³-hybridized carbons (Fsp3) is 0.455. The Kier molecular flexibility index (Phi) is 4.42. The van der Waals surface area contributed by atoms with Crippen molar-refractivity contribution in [3.05, 3.63) is 16.1 Å². The number of aromatic nitrogens is 1. The second-order valence-corrected chi connectivity index (χ2v) is 5.22. The standard InChI is InChI=1S/C11H15N5O3S/c1-2-7-9(18)14-8(17)4-16(7)3-6-5-20-11(13-6)10(19)15-12/h5,7H,2-4,12H2,1H3,(H,15,19)(H,14,17,18). The van der Waals surface area contributed by atoms with E-state index < -0.39 is 5.91 Å². The van der Waals surface area contributed by atoms with Gasteiger partial charge in [-0.25, -0.2) is 10.8 Å². The van der Waals surface area contributed by atoms with Gasteiger partial charge in [-0.2, -0.15) is 0 Å². The molecule has 1 unspecified atom stereocenters. The molecule has 3 amide bonds. The summed E-state index contributed by atoms with van der Waals surface area (Å²) in [6, 6.07) is -0.360. The van der Waals surface area contributed by atoms with Gasteiger partial charge in [0, 0.05) is 11.9 Å². The molecule has 2 rings (SSSR count). The molecule has 8 nitrogen and oxygen atoms in total. The highest BCUT2D eigenvalue weighted by Gasteiger charge is 2.32. The van der Waals surface area contributed by atoms with Gasteiger partial charge >= 0.3 is 0 Å². The van der Waals surface area contributed by atoms with Crippen LogP contribution in [0.5, 0.6) is 0 Å². The number of hydrazine groups is 1.